The number of nitrogens with zero attached hydrogens (tertiary/aromatic N) is 2. The average Bonchev–Trinajstić information content (AvgIpc) is 3.26. The lowest BCUT2D eigenvalue weighted by Gasteiger charge is -2.33. The van der Waals surface area contributed by atoms with Gasteiger partial charge in [-0.15, -0.1) is 12.4 Å². The predicted octanol–water partition coefficient (Wildman–Crippen LogP) is 3.54. The molecular weight excluding hydrogens is 334 g/mol. The van der Waals surface area contributed by atoms with Crippen molar-refractivity contribution in [2.75, 3.05) is 13.1 Å². The fraction of sp³-hybridized carbons (Fsp3) is 0.533. The van der Waals surface area contributed by atoms with E-state index in [-0.39, 0.29) is 42.7 Å². The molecule has 8 heteroatoms. The summed E-state index contributed by atoms with van der Waals surface area (Å²) in [5.41, 5.74) is 5.17. The first kappa shape index (κ1) is 19.7. The summed E-state index contributed by atoms with van der Waals surface area (Å²) in [6.07, 6.45) is -4.02. The van der Waals surface area contributed by atoms with Gasteiger partial charge in [-0.25, -0.2) is 4.39 Å². The fourth-order valence-electron chi connectivity index (χ4n) is 2.67. The van der Waals surface area contributed by atoms with Crippen molar-refractivity contribution in [2.24, 2.45) is 5.73 Å². The highest BCUT2D eigenvalue weighted by atomic mass is 35.5. The van der Waals surface area contributed by atoms with Crippen molar-refractivity contribution in [2.45, 2.75) is 37.5 Å². The molecule has 23 heavy (non-hydrogen) atoms. The Kier molecular flexibility index (Phi) is 6.81. The summed E-state index contributed by atoms with van der Waals surface area (Å²) in [5.74, 6) is -0.873. The van der Waals surface area contributed by atoms with Crippen molar-refractivity contribution in [1.82, 2.24) is 4.90 Å². The zero-order valence-corrected chi connectivity index (χ0v) is 13.1. The lowest BCUT2D eigenvalue weighted by atomic mass is 9.98. The van der Waals surface area contributed by atoms with Crippen LogP contribution in [0.5, 0.6) is 0 Å². The molecule has 0 heterocycles. The number of nitrogens with two attached hydrogens (primary N) is 1. The van der Waals surface area contributed by atoms with Gasteiger partial charge >= 0.3 is 6.18 Å². The molecule has 0 saturated heterocycles. The van der Waals surface area contributed by atoms with Crippen LogP contribution in [-0.4, -0.2) is 30.2 Å². The SMILES string of the molecule is Cl.N#Cc1cccc(C(CC(F)(F)F)N(CCN)C2CC2)c1F. The van der Waals surface area contributed by atoms with Gasteiger partial charge in [0.05, 0.1) is 12.0 Å². The minimum Gasteiger partial charge on any atom is -0.329 e. The van der Waals surface area contributed by atoms with E-state index in [0.717, 1.165) is 12.8 Å². The lowest BCUT2D eigenvalue weighted by molar-refractivity contribution is -0.148. The highest BCUT2D eigenvalue weighted by molar-refractivity contribution is 5.85. The molecule has 1 unspecified atom stereocenters. The van der Waals surface area contributed by atoms with E-state index in [0.29, 0.717) is 0 Å². The maximum Gasteiger partial charge on any atom is 0.390 e. The summed E-state index contributed by atoms with van der Waals surface area (Å²) < 4.78 is 53.2. The number of alkyl halides is 3. The topological polar surface area (TPSA) is 53.0 Å². The summed E-state index contributed by atoms with van der Waals surface area (Å²) >= 11 is 0. The van der Waals surface area contributed by atoms with E-state index in [1.807, 2.05) is 0 Å². The molecule has 1 fully saturated rings. The van der Waals surface area contributed by atoms with Gasteiger partial charge in [-0.2, -0.15) is 18.4 Å². The minimum atomic E-state index is -4.43. The molecule has 1 aromatic carbocycles. The van der Waals surface area contributed by atoms with Crippen LogP contribution in [0.1, 0.15) is 36.4 Å². The molecule has 128 valence electrons. The molecule has 1 aliphatic rings. The van der Waals surface area contributed by atoms with Gasteiger partial charge in [0.15, 0.2) is 0 Å². The molecule has 1 saturated carbocycles. The minimum absolute atomic E-state index is 0. The van der Waals surface area contributed by atoms with E-state index >= 15 is 0 Å². The number of rotatable bonds is 6. The molecule has 0 radical (unpaired) electrons. The smallest absolute Gasteiger partial charge is 0.329 e. The molecule has 0 aromatic heterocycles. The van der Waals surface area contributed by atoms with Crippen LogP contribution in [0.3, 0.4) is 0 Å². The fourth-order valence-corrected chi connectivity index (χ4v) is 2.67. The van der Waals surface area contributed by atoms with Gasteiger partial charge in [-0.1, -0.05) is 12.1 Å². The highest BCUT2D eigenvalue weighted by Gasteiger charge is 2.41. The van der Waals surface area contributed by atoms with Gasteiger partial charge in [0.25, 0.3) is 0 Å². The molecule has 0 aliphatic heterocycles. The van der Waals surface area contributed by atoms with Gasteiger partial charge in [-0.3, -0.25) is 4.90 Å². The van der Waals surface area contributed by atoms with Crippen LogP contribution in [0.15, 0.2) is 18.2 Å². The van der Waals surface area contributed by atoms with Gasteiger partial charge in [-0.05, 0) is 18.9 Å². The Bertz CT molecular complexity index is 567. The zero-order valence-electron chi connectivity index (χ0n) is 12.3. The van der Waals surface area contributed by atoms with E-state index in [4.69, 9.17) is 11.0 Å². The van der Waals surface area contributed by atoms with Crippen molar-refractivity contribution in [3.05, 3.63) is 35.1 Å². The van der Waals surface area contributed by atoms with Crippen LogP contribution in [0.25, 0.3) is 0 Å². The third kappa shape index (κ3) is 5.06. The molecule has 2 rings (SSSR count). The Morgan fingerprint density at radius 2 is 2.00 bits per heavy atom. The van der Waals surface area contributed by atoms with Crippen LogP contribution < -0.4 is 5.73 Å². The molecular formula is C15H18ClF4N3. The summed E-state index contributed by atoms with van der Waals surface area (Å²) in [6.45, 7) is 0.464. The van der Waals surface area contributed by atoms with Crippen molar-refractivity contribution in [3.63, 3.8) is 0 Å². The molecule has 2 N–H and O–H groups in total. The Labute approximate surface area is 138 Å². The van der Waals surface area contributed by atoms with Gasteiger partial charge in [0.2, 0.25) is 0 Å². The molecule has 1 aromatic rings. The molecule has 1 aliphatic carbocycles. The first-order valence-corrected chi connectivity index (χ1v) is 7.08. The van der Waals surface area contributed by atoms with E-state index in [1.54, 1.807) is 11.0 Å². The van der Waals surface area contributed by atoms with Crippen LogP contribution in [0, 0.1) is 17.1 Å². The van der Waals surface area contributed by atoms with Gasteiger partial charge in [0, 0.05) is 30.7 Å². The standard InChI is InChI=1S/C15H17F4N3.ClH/c16-14-10(9-21)2-1-3-12(14)13(8-15(17,18)19)22(7-6-20)11-4-5-11;/h1-3,11,13H,4-8,20H2;1H. The van der Waals surface area contributed by atoms with E-state index < -0.39 is 24.5 Å². The Balaban J connectivity index is 0.00000264. The molecule has 0 spiro atoms. The second kappa shape index (κ2) is 7.95. The van der Waals surface area contributed by atoms with E-state index in [2.05, 4.69) is 0 Å². The average molecular weight is 352 g/mol. The van der Waals surface area contributed by atoms with Crippen LogP contribution >= 0.6 is 12.4 Å². The second-order valence-corrected chi connectivity index (χ2v) is 5.41. The van der Waals surface area contributed by atoms with Crippen molar-refractivity contribution in [1.29, 1.82) is 5.26 Å². The molecule has 0 bridgehead atoms. The summed E-state index contributed by atoms with van der Waals surface area (Å²) in [6, 6.07) is 4.51. The molecule has 0 amide bonds. The number of halogens is 5. The number of nitriles is 1. The first-order chi connectivity index (χ1) is 10.4. The van der Waals surface area contributed by atoms with E-state index in [1.165, 1.54) is 18.2 Å². The first-order valence-electron chi connectivity index (χ1n) is 7.08. The number of hydrogen-bond donors (Lipinski definition) is 1. The largest absolute Gasteiger partial charge is 0.390 e. The van der Waals surface area contributed by atoms with Gasteiger partial charge in [0.1, 0.15) is 11.9 Å². The van der Waals surface area contributed by atoms with Crippen molar-refractivity contribution in [3.8, 4) is 6.07 Å². The van der Waals surface area contributed by atoms with Crippen LogP contribution in [-0.2, 0) is 0 Å². The quantitative estimate of drug-likeness (QED) is 0.798. The van der Waals surface area contributed by atoms with E-state index in [9.17, 15) is 17.6 Å². The molecule has 3 nitrogen and oxygen atoms in total. The Hall–Kier alpha value is -1.36. The summed E-state index contributed by atoms with van der Waals surface area (Å²) in [5, 5.41) is 8.87. The van der Waals surface area contributed by atoms with Crippen molar-refractivity contribution < 1.29 is 17.6 Å². The Morgan fingerprint density at radius 1 is 1.35 bits per heavy atom. The normalized spacial score (nSPS) is 15.9. The maximum atomic E-state index is 14.3. The zero-order chi connectivity index (χ0) is 16.3. The Morgan fingerprint density at radius 3 is 2.48 bits per heavy atom. The third-order valence-corrected chi connectivity index (χ3v) is 3.74. The monoisotopic (exact) mass is 351 g/mol. The van der Waals surface area contributed by atoms with Gasteiger partial charge < -0.3 is 5.73 Å². The second-order valence-electron chi connectivity index (χ2n) is 5.41. The summed E-state index contributed by atoms with van der Waals surface area (Å²) in [4.78, 5) is 1.62. The van der Waals surface area contributed by atoms with Crippen LogP contribution in [0.4, 0.5) is 17.6 Å². The molecule has 1 atom stereocenters. The van der Waals surface area contributed by atoms with Crippen LogP contribution in [0.2, 0.25) is 0 Å². The maximum absolute atomic E-state index is 14.3. The number of benzene rings is 1. The van der Waals surface area contributed by atoms with Crippen molar-refractivity contribution >= 4 is 12.4 Å². The lowest BCUT2D eigenvalue weighted by Crippen LogP contribution is -2.38. The third-order valence-electron chi connectivity index (χ3n) is 3.74. The number of hydrogen-bond acceptors (Lipinski definition) is 3. The predicted molar refractivity (Wildman–Crippen MR) is 80.6 cm³/mol. The summed E-state index contributed by atoms with van der Waals surface area (Å²) in [7, 11) is 0. The highest BCUT2D eigenvalue weighted by Crippen LogP contribution is 2.41.